The van der Waals surface area contributed by atoms with Gasteiger partial charge in [-0.3, -0.25) is 4.79 Å². The van der Waals surface area contributed by atoms with Crippen molar-refractivity contribution in [3.05, 3.63) is 24.0 Å². The molecule has 0 unspecified atom stereocenters. The Kier molecular flexibility index (Phi) is 2.35. The first-order valence-corrected chi connectivity index (χ1v) is 7.70. The van der Waals surface area contributed by atoms with Gasteiger partial charge < -0.3 is 4.57 Å². The highest BCUT2D eigenvalue weighted by atomic mass is 32.2. The van der Waals surface area contributed by atoms with Crippen LogP contribution >= 0.6 is 0 Å². The standard InChI is InChI=1S/C12H16N2O3S/c1-13-6-3-10(7-13)11(15)14-8-12(4-2-5-12)9-18(14,16)17/h3,6-7H,2,4-5,8-9H2,1H3. The van der Waals surface area contributed by atoms with Crippen molar-refractivity contribution in [2.45, 2.75) is 19.3 Å². The van der Waals surface area contributed by atoms with E-state index in [4.69, 9.17) is 0 Å². The van der Waals surface area contributed by atoms with Crippen molar-refractivity contribution in [1.29, 1.82) is 0 Å². The molecule has 1 saturated carbocycles. The number of carbonyl (C=O) groups is 1. The van der Waals surface area contributed by atoms with E-state index in [0.29, 0.717) is 12.1 Å². The van der Waals surface area contributed by atoms with Crippen LogP contribution in [0.1, 0.15) is 29.6 Å². The molecule has 1 aliphatic heterocycles. The zero-order valence-electron chi connectivity index (χ0n) is 10.3. The maximum Gasteiger partial charge on any atom is 0.268 e. The second-order valence-electron chi connectivity index (χ2n) is 5.49. The number of hydrogen-bond donors (Lipinski definition) is 0. The van der Waals surface area contributed by atoms with Crippen LogP contribution in [0.15, 0.2) is 18.5 Å². The molecule has 0 bridgehead atoms. The largest absolute Gasteiger partial charge is 0.356 e. The third kappa shape index (κ3) is 1.67. The van der Waals surface area contributed by atoms with Gasteiger partial charge in [-0.2, -0.15) is 0 Å². The van der Waals surface area contributed by atoms with E-state index in [1.54, 1.807) is 23.0 Å². The minimum atomic E-state index is -3.42. The van der Waals surface area contributed by atoms with Crippen LogP contribution in [0.5, 0.6) is 0 Å². The fourth-order valence-corrected chi connectivity index (χ4v) is 5.00. The Bertz CT molecular complexity index is 599. The fourth-order valence-electron chi connectivity index (χ4n) is 2.86. The molecule has 0 aromatic carbocycles. The molecule has 2 fully saturated rings. The summed E-state index contributed by atoms with van der Waals surface area (Å²) in [5, 5.41) is 0. The van der Waals surface area contributed by atoms with Crippen molar-refractivity contribution < 1.29 is 13.2 Å². The topological polar surface area (TPSA) is 59.4 Å². The Labute approximate surface area is 106 Å². The summed E-state index contributed by atoms with van der Waals surface area (Å²) in [6, 6.07) is 1.66. The maximum atomic E-state index is 12.2. The van der Waals surface area contributed by atoms with Gasteiger partial charge in [0.05, 0.1) is 11.3 Å². The third-order valence-corrected chi connectivity index (χ3v) is 5.97. The molecule has 0 N–H and O–H groups in total. The molecule has 5 nitrogen and oxygen atoms in total. The normalized spacial score (nSPS) is 24.2. The monoisotopic (exact) mass is 268 g/mol. The second kappa shape index (κ2) is 3.60. The number of carbonyl (C=O) groups excluding carboxylic acids is 1. The Morgan fingerprint density at radius 1 is 1.39 bits per heavy atom. The smallest absolute Gasteiger partial charge is 0.268 e. The third-order valence-electron chi connectivity index (χ3n) is 4.02. The molecule has 1 saturated heterocycles. The molecule has 1 aromatic heterocycles. The number of aromatic nitrogens is 1. The molecule has 0 radical (unpaired) electrons. The average Bonchev–Trinajstić information content (AvgIpc) is 2.78. The van der Waals surface area contributed by atoms with Crippen molar-refractivity contribution >= 4 is 15.9 Å². The maximum absolute atomic E-state index is 12.2. The summed E-state index contributed by atoms with van der Waals surface area (Å²) >= 11 is 0. The van der Waals surface area contributed by atoms with E-state index in [9.17, 15) is 13.2 Å². The molecular formula is C12H16N2O3S. The van der Waals surface area contributed by atoms with Gasteiger partial charge in [0, 0.05) is 31.4 Å². The minimum Gasteiger partial charge on any atom is -0.356 e. The van der Waals surface area contributed by atoms with Crippen LogP contribution in [0.2, 0.25) is 0 Å². The van der Waals surface area contributed by atoms with Gasteiger partial charge in [0.2, 0.25) is 10.0 Å². The average molecular weight is 268 g/mol. The number of amides is 1. The van der Waals surface area contributed by atoms with Crippen molar-refractivity contribution in [1.82, 2.24) is 8.87 Å². The van der Waals surface area contributed by atoms with Gasteiger partial charge in [0.1, 0.15) is 0 Å². The van der Waals surface area contributed by atoms with Crippen LogP contribution in [0.4, 0.5) is 0 Å². The van der Waals surface area contributed by atoms with E-state index < -0.39 is 10.0 Å². The summed E-state index contributed by atoms with van der Waals surface area (Å²) in [7, 11) is -1.61. The number of aryl methyl sites for hydroxylation is 1. The van der Waals surface area contributed by atoms with Crippen LogP contribution in [0.25, 0.3) is 0 Å². The molecule has 2 heterocycles. The molecule has 3 rings (SSSR count). The van der Waals surface area contributed by atoms with Crippen LogP contribution in [0, 0.1) is 5.41 Å². The fraction of sp³-hybridized carbons (Fsp3) is 0.583. The highest BCUT2D eigenvalue weighted by Crippen LogP contribution is 2.47. The van der Waals surface area contributed by atoms with E-state index in [0.717, 1.165) is 23.6 Å². The lowest BCUT2D eigenvalue weighted by Gasteiger charge is -2.36. The van der Waals surface area contributed by atoms with E-state index >= 15 is 0 Å². The first-order chi connectivity index (χ1) is 8.42. The molecule has 1 aliphatic carbocycles. The van der Waals surface area contributed by atoms with Gasteiger partial charge in [0.25, 0.3) is 5.91 Å². The molecule has 1 aromatic rings. The summed E-state index contributed by atoms with van der Waals surface area (Å²) in [5.41, 5.74) is 0.293. The number of nitrogens with zero attached hydrogens (tertiary/aromatic N) is 2. The minimum absolute atomic E-state index is 0.137. The van der Waals surface area contributed by atoms with E-state index in [-0.39, 0.29) is 17.1 Å². The van der Waals surface area contributed by atoms with Crippen LogP contribution in [-0.2, 0) is 17.1 Å². The van der Waals surface area contributed by atoms with Crippen LogP contribution in [-0.4, -0.2) is 35.5 Å². The van der Waals surface area contributed by atoms with Crippen molar-refractivity contribution in [2.75, 3.05) is 12.3 Å². The Morgan fingerprint density at radius 2 is 2.11 bits per heavy atom. The van der Waals surface area contributed by atoms with Crippen LogP contribution < -0.4 is 0 Å². The number of sulfonamides is 1. The molecule has 6 heteroatoms. The first-order valence-electron chi connectivity index (χ1n) is 6.09. The quantitative estimate of drug-likeness (QED) is 0.763. The zero-order valence-corrected chi connectivity index (χ0v) is 11.1. The summed E-state index contributed by atoms with van der Waals surface area (Å²) in [6.07, 6.45) is 6.32. The van der Waals surface area contributed by atoms with Crippen molar-refractivity contribution in [3.63, 3.8) is 0 Å². The van der Waals surface area contributed by atoms with E-state index in [1.165, 1.54) is 0 Å². The molecule has 0 atom stereocenters. The van der Waals surface area contributed by atoms with E-state index in [2.05, 4.69) is 0 Å². The van der Waals surface area contributed by atoms with Crippen molar-refractivity contribution in [3.8, 4) is 0 Å². The van der Waals surface area contributed by atoms with Gasteiger partial charge in [-0.15, -0.1) is 0 Å². The number of hydrogen-bond acceptors (Lipinski definition) is 3. The summed E-state index contributed by atoms with van der Waals surface area (Å²) < 4.78 is 27.0. The lowest BCUT2D eigenvalue weighted by atomic mass is 9.70. The predicted molar refractivity (Wildman–Crippen MR) is 66.5 cm³/mol. The molecule has 2 aliphatic rings. The summed E-state index contributed by atoms with van der Waals surface area (Å²) in [4.78, 5) is 12.2. The SMILES string of the molecule is Cn1ccc(C(=O)N2CC3(CCC3)CS2(=O)=O)c1. The Balaban J connectivity index is 1.90. The predicted octanol–water partition coefficient (Wildman–Crippen LogP) is 0.981. The van der Waals surface area contributed by atoms with Gasteiger partial charge in [-0.1, -0.05) is 6.42 Å². The molecule has 98 valence electrons. The van der Waals surface area contributed by atoms with Gasteiger partial charge >= 0.3 is 0 Å². The molecule has 1 spiro atoms. The zero-order chi connectivity index (χ0) is 13.0. The second-order valence-corrected chi connectivity index (χ2v) is 7.38. The highest BCUT2D eigenvalue weighted by Gasteiger charge is 2.52. The molecular weight excluding hydrogens is 252 g/mol. The number of rotatable bonds is 1. The Morgan fingerprint density at radius 3 is 2.56 bits per heavy atom. The lowest BCUT2D eigenvalue weighted by Crippen LogP contribution is -2.37. The van der Waals surface area contributed by atoms with Crippen LogP contribution in [0.3, 0.4) is 0 Å². The van der Waals surface area contributed by atoms with E-state index in [1.807, 2.05) is 7.05 Å². The molecule has 1 amide bonds. The summed E-state index contributed by atoms with van der Waals surface area (Å²) in [6.45, 7) is 0.364. The summed E-state index contributed by atoms with van der Waals surface area (Å²) in [5.74, 6) is -0.252. The highest BCUT2D eigenvalue weighted by molar-refractivity contribution is 7.89. The first kappa shape index (κ1) is 11.8. The molecule has 18 heavy (non-hydrogen) atoms. The van der Waals surface area contributed by atoms with Gasteiger partial charge in [-0.25, -0.2) is 12.7 Å². The lowest BCUT2D eigenvalue weighted by molar-refractivity contribution is 0.0793. The van der Waals surface area contributed by atoms with Crippen molar-refractivity contribution in [2.24, 2.45) is 12.5 Å². The van der Waals surface area contributed by atoms with Gasteiger partial charge in [-0.05, 0) is 18.9 Å². The van der Waals surface area contributed by atoms with Gasteiger partial charge in [0.15, 0.2) is 0 Å². The Hall–Kier alpha value is -1.30.